The Hall–Kier alpha value is -1.65. The van der Waals surface area contributed by atoms with Crippen molar-refractivity contribution in [1.29, 1.82) is 0 Å². The van der Waals surface area contributed by atoms with Crippen LogP contribution in [-0.2, 0) is 6.54 Å². The molecule has 0 saturated heterocycles. The number of anilines is 1. The molecule has 5 nitrogen and oxygen atoms in total. The maximum Gasteiger partial charge on any atom is 0.165 e. The Morgan fingerprint density at radius 3 is 2.79 bits per heavy atom. The van der Waals surface area contributed by atoms with E-state index in [-0.39, 0.29) is 0 Å². The summed E-state index contributed by atoms with van der Waals surface area (Å²) in [5.74, 6) is 0.835. The molecule has 0 saturated carbocycles. The van der Waals surface area contributed by atoms with Crippen LogP contribution in [0.1, 0.15) is 0 Å². The second kappa shape index (κ2) is 3.25. The largest absolute Gasteiger partial charge is 0.361 e. The van der Waals surface area contributed by atoms with Crippen molar-refractivity contribution < 1.29 is 0 Å². The van der Waals surface area contributed by atoms with Crippen molar-refractivity contribution in [3.8, 4) is 0 Å². The van der Waals surface area contributed by atoms with E-state index >= 15 is 0 Å². The Morgan fingerprint density at radius 1 is 1.36 bits per heavy atom. The molecule has 2 aromatic heterocycles. The highest BCUT2D eigenvalue weighted by Gasteiger charge is 2.09. The Balaban J connectivity index is 2.70. The standard InChI is InChI=1S/C9H12N5/c1-4-14-6-12-7-8(13(2)3)10-5-11-9(7)14/h5-6H,1,4H2,2-3H3. The summed E-state index contributed by atoms with van der Waals surface area (Å²) in [5.41, 5.74) is 1.65. The minimum Gasteiger partial charge on any atom is -0.361 e. The van der Waals surface area contributed by atoms with Crippen molar-refractivity contribution >= 4 is 17.0 Å². The van der Waals surface area contributed by atoms with Crippen LogP contribution in [0.3, 0.4) is 0 Å². The van der Waals surface area contributed by atoms with E-state index < -0.39 is 0 Å². The van der Waals surface area contributed by atoms with Gasteiger partial charge in [0, 0.05) is 20.6 Å². The maximum atomic E-state index is 4.27. The van der Waals surface area contributed by atoms with Crippen LogP contribution < -0.4 is 4.90 Å². The van der Waals surface area contributed by atoms with Gasteiger partial charge >= 0.3 is 0 Å². The lowest BCUT2D eigenvalue weighted by Crippen LogP contribution is -2.11. The topological polar surface area (TPSA) is 46.8 Å². The van der Waals surface area contributed by atoms with Gasteiger partial charge in [-0.3, -0.25) is 0 Å². The molecule has 1 radical (unpaired) electrons. The van der Waals surface area contributed by atoms with Crippen LogP contribution in [0, 0.1) is 6.92 Å². The van der Waals surface area contributed by atoms with E-state index in [4.69, 9.17) is 0 Å². The first-order valence-electron chi connectivity index (χ1n) is 4.36. The minimum absolute atomic E-state index is 0.625. The summed E-state index contributed by atoms with van der Waals surface area (Å²) in [6.45, 7) is 4.43. The third kappa shape index (κ3) is 1.21. The lowest BCUT2D eigenvalue weighted by atomic mass is 10.4. The SMILES string of the molecule is [CH2]Cn1cnc2c(N(C)C)ncnc21. The average Bonchev–Trinajstić information content (AvgIpc) is 2.59. The predicted octanol–water partition coefficient (Wildman–Crippen LogP) is 0.726. The molecule has 0 aromatic carbocycles. The van der Waals surface area contributed by atoms with E-state index in [1.54, 1.807) is 12.7 Å². The van der Waals surface area contributed by atoms with Crippen LogP contribution in [-0.4, -0.2) is 33.6 Å². The molecule has 0 aliphatic heterocycles. The number of hydrogen-bond acceptors (Lipinski definition) is 4. The number of nitrogens with zero attached hydrogens (tertiary/aromatic N) is 5. The summed E-state index contributed by atoms with van der Waals surface area (Å²) >= 11 is 0. The molecule has 0 bridgehead atoms. The molecule has 0 aliphatic rings. The van der Waals surface area contributed by atoms with E-state index in [0.717, 1.165) is 17.0 Å². The van der Waals surface area contributed by atoms with E-state index in [9.17, 15) is 0 Å². The number of hydrogen-bond donors (Lipinski definition) is 0. The summed E-state index contributed by atoms with van der Waals surface area (Å²) in [5, 5.41) is 0. The van der Waals surface area contributed by atoms with Crippen LogP contribution in [0.5, 0.6) is 0 Å². The van der Waals surface area contributed by atoms with E-state index in [1.165, 1.54) is 0 Å². The molecule has 0 fully saturated rings. The zero-order chi connectivity index (χ0) is 10.1. The van der Waals surface area contributed by atoms with Gasteiger partial charge in [0.25, 0.3) is 0 Å². The van der Waals surface area contributed by atoms with Gasteiger partial charge in [-0.1, -0.05) is 0 Å². The number of fused-ring (bicyclic) bond motifs is 1. The quantitative estimate of drug-likeness (QED) is 0.700. The van der Waals surface area contributed by atoms with Gasteiger partial charge in [0.05, 0.1) is 6.33 Å². The molecular weight excluding hydrogens is 178 g/mol. The van der Waals surface area contributed by atoms with Gasteiger partial charge in [0.15, 0.2) is 17.0 Å². The smallest absolute Gasteiger partial charge is 0.165 e. The molecule has 0 atom stereocenters. The van der Waals surface area contributed by atoms with Crippen molar-refractivity contribution in [2.75, 3.05) is 19.0 Å². The van der Waals surface area contributed by atoms with Crippen LogP contribution in [0.4, 0.5) is 5.82 Å². The van der Waals surface area contributed by atoms with Gasteiger partial charge in [0.2, 0.25) is 0 Å². The molecule has 2 aromatic rings. The van der Waals surface area contributed by atoms with Crippen molar-refractivity contribution in [3.05, 3.63) is 19.6 Å². The first kappa shape index (κ1) is 8.93. The first-order valence-corrected chi connectivity index (χ1v) is 4.36. The fourth-order valence-electron chi connectivity index (χ4n) is 1.36. The monoisotopic (exact) mass is 190 g/mol. The Kier molecular flexibility index (Phi) is 2.07. The fraction of sp³-hybridized carbons (Fsp3) is 0.333. The van der Waals surface area contributed by atoms with Crippen molar-refractivity contribution in [3.63, 3.8) is 0 Å². The second-order valence-electron chi connectivity index (χ2n) is 3.20. The van der Waals surface area contributed by atoms with E-state index in [1.807, 2.05) is 23.6 Å². The lowest BCUT2D eigenvalue weighted by Gasteiger charge is -2.10. The minimum atomic E-state index is 0.625. The molecule has 0 unspecified atom stereocenters. The molecule has 2 heterocycles. The third-order valence-electron chi connectivity index (χ3n) is 2.05. The van der Waals surface area contributed by atoms with Gasteiger partial charge in [-0.25, -0.2) is 15.0 Å². The highest BCUT2D eigenvalue weighted by molar-refractivity contribution is 5.82. The van der Waals surface area contributed by atoms with Gasteiger partial charge in [-0.05, 0) is 6.92 Å². The second-order valence-corrected chi connectivity index (χ2v) is 3.20. The molecule has 0 spiro atoms. The molecule has 0 N–H and O–H groups in total. The van der Waals surface area contributed by atoms with E-state index in [0.29, 0.717) is 6.54 Å². The van der Waals surface area contributed by atoms with Gasteiger partial charge in [-0.2, -0.15) is 0 Å². The van der Waals surface area contributed by atoms with Crippen molar-refractivity contribution in [1.82, 2.24) is 19.5 Å². The molecule has 14 heavy (non-hydrogen) atoms. The van der Waals surface area contributed by atoms with Gasteiger partial charge in [0.1, 0.15) is 6.33 Å². The summed E-state index contributed by atoms with van der Waals surface area (Å²) < 4.78 is 1.89. The number of imidazole rings is 1. The zero-order valence-electron chi connectivity index (χ0n) is 8.30. The van der Waals surface area contributed by atoms with Crippen LogP contribution >= 0.6 is 0 Å². The fourth-order valence-corrected chi connectivity index (χ4v) is 1.36. The van der Waals surface area contributed by atoms with Crippen molar-refractivity contribution in [2.24, 2.45) is 0 Å². The van der Waals surface area contributed by atoms with Crippen LogP contribution in [0.15, 0.2) is 12.7 Å². The lowest BCUT2D eigenvalue weighted by molar-refractivity contribution is 0.833. The highest BCUT2D eigenvalue weighted by Crippen LogP contribution is 2.18. The molecule has 0 aliphatic carbocycles. The normalized spacial score (nSPS) is 10.8. The van der Waals surface area contributed by atoms with Crippen molar-refractivity contribution in [2.45, 2.75) is 6.54 Å². The third-order valence-corrected chi connectivity index (χ3v) is 2.05. The van der Waals surface area contributed by atoms with Crippen LogP contribution in [0.2, 0.25) is 0 Å². The van der Waals surface area contributed by atoms with Crippen LogP contribution in [0.25, 0.3) is 11.2 Å². The summed E-state index contributed by atoms with van der Waals surface area (Å²) in [6, 6.07) is 0. The Labute approximate surface area is 82.4 Å². The molecule has 5 heteroatoms. The zero-order valence-corrected chi connectivity index (χ0v) is 8.30. The molecular formula is C9H12N5. The highest BCUT2D eigenvalue weighted by atomic mass is 15.2. The van der Waals surface area contributed by atoms with Gasteiger partial charge in [-0.15, -0.1) is 0 Å². The molecule has 2 rings (SSSR count). The summed E-state index contributed by atoms with van der Waals surface area (Å²) in [7, 11) is 3.87. The predicted molar refractivity (Wildman–Crippen MR) is 55.0 cm³/mol. The molecule has 73 valence electrons. The van der Waals surface area contributed by atoms with E-state index in [2.05, 4.69) is 21.9 Å². The molecule has 0 amide bonds. The Morgan fingerprint density at radius 2 is 2.14 bits per heavy atom. The number of aromatic nitrogens is 4. The Bertz CT molecular complexity index is 445. The average molecular weight is 190 g/mol. The maximum absolute atomic E-state index is 4.27. The van der Waals surface area contributed by atoms with Gasteiger partial charge < -0.3 is 9.47 Å². The summed E-state index contributed by atoms with van der Waals surface area (Å²) in [4.78, 5) is 14.5. The number of rotatable bonds is 2. The summed E-state index contributed by atoms with van der Waals surface area (Å²) in [6.07, 6.45) is 3.28. The first-order chi connectivity index (χ1) is 6.74.